The van der Waals surface area contributed by atoms with Gasteiger partial charge in [-0.1, -0.05) is 28.1 Å². The first kappa shape index (κ1) is 13.4. The maximum Gasteiger partial charge on any atom is 0.293 e. The lowest BCUT2D eigenvalue weighted by atomic mass is 10.2. The zero-order valence-corrected chi connectivity index (χ0v) is 12.4. The maximum absolute atomic E-state index is 12.1. The van der Waals surface area contributed by atoms with E-state index >= 15 is 0 Å². The van der Waals surface area contributed by atoms with Gasteiger partial charge in [0, 0.05) is 10.5 Å². The average Bonchev–Trinajstić information content (AvgIpc) is 2.54. The number of rotatable bonds is 2. The highest BCUT2D eigenvalue weighted by Gasteiger charge is 2.36. The zero-order valence-electron chi connectivity index (χ0n) is 10.0. The summed E-state index contributed by atoms with van der Waals surface area (Å²) >= 11 is 4.37. The number of halogens is 1. The van der Waals surface area contributed by atoms with Gasteiger partial charge in [-0.2, -0.15) is 0 Å². The van der Waals surface area contributed by atoms with Gasteiger partial charge in [-0.25, -0.2) is 0 Å². The van der Waals surface area contributed by atoms with E-state index in [0.29, 0.717) is 4.91 Å². The van der Waals surface area contributed by atoms with Gasteiger partial charge in [0.1, 0.15) is 0 Å². The number of hydrogen-bond donors (Lipinski definition) is 0. The first-order valence-corrected chi connectivity index (χ1v) is 7.12. The summed E-state index contributed by atoms with van der Waals surface area (Å²) in [6.45, 7) is 3.66. The molecule has 0 unspecified atom stereocenters. The molecule has 1 saturated heterocycles. The van der Waals surface area contributed by atoms with Gasteiger partial charge in [-0.3, -0.25) is 14.5 Å². The monoisotopic (exact) mass is 325 g/mol. The molecule has 94 valence electrons. The van der Waals surface area contributed by atoms with E-state index in [1.807, 2.05) is 38.1 Å². The molecule has 0 aliphatic carbocycles. The van der Waals surface area contributed by atoms with Crippen molar-refractivity contribution < 1.29 is 9.59 Å². The van der Waals surface area contributed by atoms with Crippen molar-refractivity contribution in [1.82, 2.24) is 4.90 Å². The smallest absolute Gasteiger partial charge is 0.268 e. The Kier molecular flexibility index (Phi) is 3.92. The molecule has 0 radical (unpaired) electrons. The third-order valence-electron chi connectivity index (χ3n) is 2.49. The molecule has 1 heterocycles. The number of imide groups is 1. The predicted molar refractivity (Wildman–Crippen MR) is 77.1 cm³/mol. The van der Waals surface area contributed by atoms with Crippen LogP contribution in [0.3, 0.4) is 0 Å². The summed E-state index contributed by atoms with van der Waals surface area (Å²) in [5.41, 5.74) is 0.902. The number of amides is 2. The summed E-state index contributed by atoms with van der Waals surface area (Å²) in [4.78, 5) is 25.5. The quantitative estimate of drug-likeness (QED) is 0.774. The number of nitrogens with zero attached hydrogens (tertiary/aromatic N) is 1. The van der Waals surface area contributed by atoms with Crippen LogP contribution in [0.1, 0.15) is 19.4 Å². The highest BCUT2D eigenvalue weighted by molar-refractivity contribution is 9.10. The number of carbonyl (C=O) groups is 2. The molecule has 1 aromatic rings. The van der Waals surface area contributed by atoms with Crippen molar-refractivity contribution in [2.24, 2.45) is 0 Å². The van der Waals surface area contributed by atoms with E-state index in [1.54, 1.807) is 6.08 Å². The van der Waals surface area contributed by atoms with E-state index in [2.05, 4.69) is 15.9 Å². The van der Waals surface area contributed by atoms with Crippen LogP contribution in [0.2, 0.25) is 0 Å². The van der Waals surface area contributed by atoms with E-state index in [0.717, 1.165) is 21.8 Å². The van der Waals surface area contributed by atoms with Crippen LogP contribution in [-0.4, -0.2) is 22.1 Å². The van der Waals surface area contributed by atoms with Crippen LogP contribution >= 0.6 is 27.7 Å². The molecule has 1 aromatic carbocycles. The minimum absolute atomic E-state index is 0.106. The van der Waals surface area contributed by atoms with Crippen molar-refractivity contribution in [1.29, 1.82) is 0 Å². The average molecular weight is 326 g/mol. The molecule has 5 heteroatoms. The Bertz CT molecular complexity index is 540. The summed E-state index contributed by atoms with van der Waals surface area (Å²) in [6, 6.07) is 7.50. The number of thioether (sulfide) groups is 1. The lowest BCUT2D eigenvalue weighted by Crippen LogP contribution is -2.34. The van der Waals surface area contributed by atoms with Crippen molar-refractivity contribution in [2.75, 3.05) is 0 Å². The Morgan fingerprint density at radius 2 is 2.06 bits per heavy atom. The number of benzene rings is 1. The molecule has 0 bridgehead atoms. The third kappa shape index (κ3) is 2.67. The van der Waals surface area contributed by atoms with Gasteiger partial charge in [0.15, 0.2) is 0 Å². The fraction of sp³-hybridized carbons (Fsp3) is 0.231. The van der Waals surface area contributed by atoms with Crippen molar-refractivity contribution in [3.63, 3.8) is 0 Å². The maximum atomic E-state index is 12.1. The largest absolute Gasteiger partial charge is 0.293 e. The second-order valence-corrected chi connectivity index (χ2v) is 6.11. The molecule has 1 fully saturated rings. The van der Waals surface area contributed by atoms with Crippen molar-refractivity contribution in [3.05, 3.63) is 39.2 Å². The Labute approximate surface area is 118 Å². The molecular weight excluding hydrogens is 314 g/mol. The zero-order chi connectivity index (χ0) is 13.3. The molecule has 0 atom stereocenters. The van der Waals surface area contributed by atoms with E-state index in [-0.39, 0.29) is 17.2 Å². The minimum atomic E-state index is -0.208. The van der Waals surface area contributed by atoms with E-state index in [1.165, 1.54) is 4.90 Å². The molecular formula is C13H12BrNO2S. The second-order valence-electron chi connectivity index (χ2n) is 4.20. The molecule has 2 amide bonds. The van der Waals surface area contributed by atoms with Gasteiger partial charge in [-0.15, -0.1) is 0 Å². The van der Waals surface area contributed by atoms with Crippen LogP contribution in [0.15, 0.2) is 33.6 Å². The Morgan fingerprint density at radius 1 is 1.33 bits per heavy atom. The molecule has 1 aliphatic heterocycles. The lowest BCUT2D eigenvalue weighted by molar-refractivity contribution is -0.123. The Balaban J connectivity index is 2.31. The molecule has 0 spiro atoms. The summed E-state index contributed by atoms with van der Waals surface area (Å²) in [7, 11) is 0. The first-order valence-electron chi connectivity index (χ1n) is 5.51. The molecule has 0 aromatic heterocycles. The Hall–Kier alpha value is -1.07. The molecule has 2 rings (SSSR count). The summed E-state index contributed by atoms with van der Waals surface area (Å²) < 4.78 is 0.944. The van der Waals surface area contributed by atoms with Crippen LogP contribution in [0.25, 0.3) is 6.08 Å². The first-order chi connectivity index (χ1) is 8.49. The van der Waals surface area contributed by atoms with Gasteiger partial charge in [0.25, 0.3) is 11.1 Å². The molecule has 0 saturated carbocycles. The molecule has 18 heavy (non-hydrogen) atoms. The van der Waals surface area contributed by atoms with Gasteiger partial charge in [-0.05, 0) is 49.4 Å². The topological polar surface area (TPSA) is 37.4 Å². The summed E-state index contributed by atoms with van der Waals surface area (Å²) in [6.07, 6.45) is 1.75. The number of carbonyl (C=O) groups excluding carboxylic acids is 2. The van der Waals surface area contributed by atoms with Crippen molar-refractivity contribution in [2.45, 2.75) is 19.9 Å². The van der Waals surface area contributed by atoms with Gasteiger partial charge < -0.3 is 0 Å². The SMILES string of the molecule is CC(C)N1C(=O)S/C(=C\c2cccc(Br)c2)C1=O. The van der Waals surface area contributed by atoms with Crippen molar-refractivity contribution >= 4 is 44.9 Å². The standard InChI is InChI=1S/C13H12BrNO2S/c1-8(2)15-12(16)11(18-13(15)17)7-9-4-3-5-10(14)6-9/h3-8H,1-2H3/b11-7-. The summed E-state index contributed by atoms with van der Waals surface area (Å²) in [5, 5.41) is -0.198. The van der Waals surface area contributed by atoms with E-state index in [4.69, 9.17) is 0 Å². The van der Waals surface area contributed by atoms with Gasteiger partial charge in [0.2, 0.25) is 0 Å². The van der Waals surface area contributed by atoms with Crippen LogP contribution in [0.5, 0.6) is 0 Å². The molecule has 3 nitrogen and oxygen atoms in total. The second kappa shape index (κ2) is 5.28. The highest BCUT2D eigenvalue weighted by Crippen LogP contribution is 2.33. The molecule has 0 N–H and O–H groups in total. The third-order valence-corrected chi connectivity index (χ3v) is 3.86. The minimum Gasteiger partial charge on any atom is -0.268 e. The van der Waals surface area contributed by atoms with Crippen LogP contribution in [0, 0.1) is 0 Å². The van der Waals surface area contributed by atoms with Crippen LogP contribution in [-0.2, 0) is 4.79 Å². The highest BCUT2D eigenvalue weighted by atomic mass is 79.9. The van der Waals surface area contributed by atoms with Gasteiger partial charge >= 0.3 is 0 Å². The normalized spacial score (nSPS) is 18.2. The fourth-order valence-corrected chi connectivity index (χ4v) is 3.05. The van der Waals surface area contributed by atoms with Crippen LogP contribution in [0.4, 0.5) is 4.79 Å². The summed E-state index contributed by atoms with van der Waals surface area (Å²) in [5.74, 6) is -0.208. The van der Waals surface area contributed by atoms with Gasteiger partial charge in [0.05, 0.1) is 4.91 Å². The fourth-order valence-electron chi connectivity index (χ4n) is 1.67. The van der Waals surface area contributed by atoms with E-state index < -0.39 is 0 Å². The van der Waals surface area contributed by atoms with E-state index in [9.17, 15) is 9.59 Å². The lowest BCUT2D eigenvalue weighted by Gasteiger charge is -2.16. The van der Waals surface area contributed by atoms with Crippen LogP contribution < -0.4 is 0 Å². The van der Waals surface area contributed by atoms with Crippen molar-refractivity contribution in [3.8, 4) is 0 Å². The number of hydrogen-bond acceptors (Lipinski definition) is 3. The molecule has 1 aliphatic rings. The predicted octanol–water partition coefficient (Wildman–Crippen LogP) is 3.89. The Morgan fingerprint density at radius 3 is 2.61 bits per heavy atom.